The van der Waals surface area contributed by atoms with Crippen molar-refractivity contribution in [3.05, 3.63) is 53.0 Å². The highest BCUT2D eigenvalue weighted by molar-refractivity contribution is 7.99. The highest BCUT2D eigenvalue weighted by Crippen LogP contribution is 2.41. The number of ether oxygens (including phenoxy) is 1. The van der Waals surface area contributed by atoms with Crippen molar-refractivity contribution in [3.8, 4) is 0 Å². The van der Waals surface area contributed by atoms with Gasteiger partial charge in [-0.3, -0.25) is 9.59 Å². The van der Waals surface area contributed by atoms with E-state index in [1.165, 1.54) is 29.8 Å². The van der Waals surface area contributed by atoms with Crippen LogP contribution in [0.5, 0.6) is 0 Å². The molecule has 1 aromatic carbocycles. The molecular formula is C21H24N2O5S. The van der Waals surface area contributed by atoms with Crippen LogP contribution >= 0.6 is 11.8 Å². The lowest BCUT2D eigenvalue weighted by molar-refractivity contribution is -0.155. The maximum Gasteiger partial charge on any atom is 0.330 e. The third-order valence-electron chi connectivity index (χ3n) is 4.71. The van der Waals surface area contributed by atoms with Crippen molar-refractivity contribution < 1.29 is 23.5 Å². The zero-order valence-corrected chi connectivity index (χ0v) is 17.7. The van der Waals surface area contributed by atoms with E-state index in [0.29, 0.717) is 11.5 Å². The first-order valence-electron chi connectivity index (χ1n) is 9.26. The fraction of sp³-hybridized carbons (Fsp3) is 0.381. The summed E-state index contributed by atoms with van der Waals surface area (Å²) in [5.74, 6) is -0.302. The van der Waals surface area contributed by atoms with Crippen molar-refractivity contribution in [2.24, 2.45) is 0 Å². The number of nitrogens with one attached hydrogen (secondary N) is 1. The highest BCUT2D eigenvalue weighted by Gasteiger charge is 2.43. The molecule has 154 valence electrons. The number of thioether (sulfide) groups is 1. The van der Waals surface area contributed by atoms with Crippen LogP contribution in [0.3, 0.4) is 0 Å². The molecule has 8 heteroatoms. The highest BCUT2D eigenvalue weighted by atomic mass is 32.2. The molecule has 1 aliphatic rings. The standard InChI is InChI=1S/C21H24N2O5S/c1-12-8-13(2)19(14(3)9-12)22-18(25)10-28-21(26)16-11-29-20(23(16)15(4)24)17-6-5-7-27-17/h5-9,16,20H,10-11H2,1-4H3,(H,22,25)/t16-,20+/m0/s1. The van der Waals surface area contributed by atoms with Crippen LogP contribution in [0.2, 0.25) is 0 Å². The maximum atomic E-state index is 12.6. The Balaban J connectivity index is 1.61. The van der Waals surface area contributed by atoms with E-state index in [1.54, 1.807) is 12.1 Å². The van der Waals surface area contributed by atoms with Gasteiger partial charge in [0, 0.05) is 18.4 Å². The molecule has 1 N–H and O–H groups in total. The number of carbonyl (C=O) groups is 3. The zero-order chi connectivity index (χ0) is 21.1. The minimum absolute atomic E-state index is 0.256. The smallest absolute Gasteiger partial charge is 0.330 e. The molecule has 29 heavy (non-hydrogen) atoms. The van der Waals surface area contributed by atoms with Gasteiger partial charge in [0.2, 0.25) is 5.91 Å². The van der Waals surface area contributed by atoms with E-state index in [9.17, 15) is 14.4 Å². The number of nitrogens with zero attached hydrogens (tertiary/aromatic N) is 1. The molecule has 0 spiro atoms. The minimum atomic E-state index is -0.761. The van der Waals surface area contributed by atoms with Gasteiger partial charge in [-0.1, -0.05) is 17.7 Å². The fourth-order valence-corrected chi connectivity index (χ4v) is 4.92. The van der Waals surface area contributed by atoms with Gasteiger partial charge in [0.25, 0.3) is 5.91 Å². The molecule has 1 saturated heterocycles. The Bertz CT molecular complexity index is 902. The molecule has 2 atom stereocenters. The van der Waals surface area contributed by atoms with Crippen molar-refractivity contribution in [3.63, 3.8) is 0 Å². The topological polar surface area (TPSA) is 88.8 Å². The van der Waals surface area contributed by atoms with Gasteiger partial charge in [0.05, 0.1) is 6.26 Å². The number of amides is 2. The molecule has 2 amide bonds. The Morgan fingerprint density at radius 2 is 1.93 bits per heavy atom. The average Bonchev–Trinajstić information content (AvgIpc) is 3.31. The van der Waals surface area contributed by atoms with Gasteiger partial charge in [-0.25, -0.2) is 4.79 Å². The number of benzene rings is 1. The molecular weight excluding hydrogens is 392 g/mol. The van der Waals surface area contributed by atoms with Crippen LogP contribution in [0.15, 0.2) is 34.9 Å². The molecule has 0 radical (unpaired) electrons. The number of esters is 1. The quantitative estimate of drug-likeness (QED) is 0.752. The first-order chi connectivity index (χ1) is 13.8. The lowest BCUT2D eigenvalue weighted by atomic mass is 10.1. The normalized spacial score (nSPS) is 18.6. The predicted octanol–water partition coefficient (Wildman–Crippen LogP) is 3.35. The SMILES string of the molecule is CC(=O)N1[C@@H](c2ccco2)SC[C@H]1C(=O)OCC(=O)Nc1c(C)cc(C)cc1C. The molecule has 2 aromatic rings. The largest absolute Gasteiger partial charge is 0.466 e. The third-order valence-corrected chi connectivity index (χ3v) is 5.99. The number of rotatable bonds is 5. The first kappa shape index (κ1) is 21.0. The Hall–Kier alpha value is -2.74. The molecule has 3 rings (SSSR count). The fourth-order valence-electron chi connectivity index (χ4n) is 3.51. The van der Waals surface area contributed by atoms with Crippen LogP contribution < -0.4 is 5.32 Å². The molecule has 0 unspecified atom stereocenters. The Morgan fingerprint density at radius 1 is 1.24 bits per heavy atom. The second-order valence-electron chi connectivity index (χ2n) is 7.07. The molecule has 2 heterocycles. The third kappa shape index (κ3) is 4.64. The van der Waals surface area contributed by atoms with E-state index in [1.807, 2.05) is 32.9 Å². The number of hydrogen-bond donors (Lipinski definition) is 1. The van der Waals surface area contributed by atoms with Crippen molar-refractivity contribution in [1.29, 1.82) is 0 Å². The van der Waals surface area contributed by atoms with Crippen molar-refractivity contribution in [2.75, 3.05) is 17.7 Å². The van der Waals surface area contributed by atoms with Crippen LogP contribution in [-0.2, 0) is 19.1 Å². The van der Waals surface area contributed by atoms with E-state index in [-0.39, 0.29) is 11.3 Å². The lowest BCUT2D eigenvalue weighted by Gasteiger charge is -2.25. The summed E-state index contributed by atoms with van der Waals surface area (Å²) in [5.41, 5.74) is 3.71. The molecule has 0 aliphatic carbocycles. The van der Waals surface area contributed by atoms with Crippen molar-refractivity contribution in [1.82, 2.24) is 4.90 Å². The summed E-state index contributed by atoms with van der Waals surface area (Å²) < 4.78 is 10.6. The van der Waals surface area contributed by atoms with Crippen LogP contribution in [0.4, 0.5) is 5.69 Å². The van der Waals surface area contributed by atoms with E-state index in [0.717, 1.165) is 22.4 Å². The van der Waals surface area contributed by atoms with Gasteiger partial charge in [0.15, 0.2) is 6.61 Å². The summed E-state index contributed by atoms with van der Waals surface area (Å²) in [7, 11) is 0. The van der Waals surface area contributed by atoms with Gasteiger partial charge in [0.1, 0.15) is 17.2 Å². The Labute approximate surface area is 173 Å². The van der Waals surface area contributed by atoms with Gasteiger partial charge >= 0.3 is 5.97 Å². The number of furan rings is 1. The van der Waals surface area contributed by atoms with Gasteiger partial charge in [-0.05, 0) is 44.0 Å². The van der Waals surface area contributed by atoms with E-state index in [4.69, 9.17) is 9.15 Å². The number of aryl methyl sites for hydroxylation is 3. The molecule has 0 saturated carbocycles. The summed E-state index contributed by atoms with van der Waals surface area (Å²) in [6, 6.07) is 6.69. The van der Waals surface area contributed by atoms with E-state index in [2.05, 4.69) is 5.32 Å². The summed E-state index contributed by atoms with van der Waals surface area (Å²) in [4.78, 5) is 38.4. The summed E-state index contributed by atoms with van der Waals surface area (Å²) >= 11 is 1.43. The zero-order valence-electron chi connectivity index (χ0n) is 16.9. The lowest BCUT2D eigenvalue weighted by Crippen LogP contribution is -2.43. The first-order valence-corrected chi connectivity index (χ1v) is 10.3. The van der Waals surface area contributed by atoms with Crippen molar-refractivity contribution >= 4 is 35.2 Å². The summed E-state index contributed by atoms with van der Waals surface area (Å²) in [6.07, 6.45) is 1.53. The molecule has 0 bridgehead atoms. The number of carbonyl (C=O) groups excluding carboxylic acids is 3. The number of hydrogen-bond acceptors (Lipinski definition) is 6. The second-order valence-corrected chi connectivity index (χ2v) is 8.19. The predicted molar refractivity (Wildman–Crippen MR) is 110 cm³/mol. The van der Waals surface area contributed by atoms with E-state index >= 15 is 0 Å². The van der Waals surface area contributed by atoms with Crippen LogP contribution in [0.1, 0.15) is 34.7 Å². The second kappa shape index (κ2) is 8.73. The van der Waals surface area contributed by atoms with E-state index < -0.39 is 24.5 Å². The summed E-state index contributed by atoms with van der Waals surface area (Å²) in [5, 5.41) is 2.42. The Kier molecular flexibility index (Phi) is 6.32. The van der Waals surface area contributed by atoms with Gasteiger partial charge in [-0.15, -0.1) is 11.8 Å². The van der Waals surface area contributed by atoms with Crippen LogP contribution in [-0.4, -0.2) is 41.1 Å². The molecule has 1 fully saturated rings. The van der Waals surface area contributed by atoms with Gasteiger partial charge in [-0.2, -0.15) is 0 Å². The maximum absolute atomic E-state index is 12.6. The average molecular weight is 416 g/mol. The number of anilines is 1. The minimum Gasteiger partial charge on any atom is -0.466 e. The monoisotopic (exact) mass is 416 g/mol. The Morgan fingerprint density at radius 3 is 2.52 bits per heavy atom. The molecule has 1 aliphatic heterocycles. The van der Waals surface area contributed by atoms with Gasteiger partial charge < -0.3 is 19.4 Å². The van der Waals surface area contributed by atoms with Crippen LogP contribution in [0, 0.1) is 20.8 Å². The molecule has 1 aromatic heterocycles. The van der Waals surface area contributed by atoms with Crippen molar-refractivity contribution in [2.45, 2.75) is 39.1 Å². The summed E-state index contributed by atoms with van der Waals surface area (Å²) in [6.45, 7) is 6.80. The molecule has 7 nitrogen and oxygen atoms in total. The van der Waals surface area contributed by atoms with Crippen LogP contribution in [0.25, 0.3) is 0 Å².